The van der Waals surface area contributed by atoms with Crippen LogP contribution in [0, 0.1) is 0 Å². The van der Waals surface area contributed by atoms with E-state index in [1.54, 1.807) is 19.6 Å². The summed E-state index contributed by atoms with van der Waals surface area (Å²) in [5, 5.41) is 3.10. The second kappa shape index (κ2) is 10.2. The molecule has 1 N–H and O–H groups in total. The number of methoxy groups -OCH3 is 1. The van der Waals surface area contributed by atoms with E-state index < -0.39 is 0 Å². The topological polar surface area (TPSA) is 82.2 Å². The number of hydrogen-bond acceptors (Lipinski definition) is 6. The maximum atomic E-state index is 12.8. The van der Waals surface area contributed by atoms with Gasteiger partial charge in [-0.15, -0.1) is 11.8 Å². The number of ether oxygens (including phenoxy) is 1. The van der Waals surface area contributed by atoms with Gasteiger partial charge >= 0.3 is 0 Å². The molecule has 2 aromatic carbocycles. The van der Waals surface area contributed by atoms with Gasteiger partial charge in [-0.25, -0.2) is 9.97 Å². The van der Waals surface area contributed by atoms with E-state index in [0.717, 1.165) is 28.4 Å². The van der Waals surface area contributed by atoms with Gasteiger partial charge in [0.15, 0.2) is 0 Å². The lowest BCUT2D eigenvalue weighted by Gasteiger charge is -2.19. The lowest BCUT2D eigenvalue weighted by molar-refractivity contribution is -0.119. The number of rotatable bonds is 9. The molecule has 7 nitrogen and oxygen atoms in total. The predicted octanol–water partition coefficient (Wildman–Crippen LogP) is 4.22. The summed E-state index contributed by atoms with van der Waals surface area (Å²) < 4.78 is 12.8. The van der Waals surface area contributed by atoms with E-state index in [9.17, 15) is 4.79 Å². The van der Waals surface area contributed by atoms with E-state index in [1.165, 1.54) is 11.8 Å². The zero-order valence-electron chi connectivity index (χ0n) is 17.9. The smallest absolute Gasteiger partial charge is 0.230 e. The third-order valence-electron chi connectivity index (χ3n) is 4.90. The normalized spacial score (nSPS) is 11.8. The SMILES string of the molecule is COc1cccc(C(NC(=O)CSCc2coc(-c3ccccc3)n2)c2nccn2C)c1. The molecule has 4 rings (SSSR count). The number of nitrogens with zero attached hydrogens (tertiary/aromatic N) is 3. The van der Waals surface area contributed by atoms with Gasteiger partial charge in [0, 0.05) is 30.8 Å². The van der Waals surface area contributed by atoms with Gasteiger partial charge in [-0.05, 0) is 29.8 Å². The Morgan fingerprint density at radius 2 is 2.06 bits per heavy atom. The van der Waals surface area contributed by atoms with Crippen LogP contribution in [0.25, 0.3) is 11.5 Å². The van der Waals surface area contributed by atoms with Crippen molar-refractivity contribution in [2.75, 3.05) is 12.9 Å². The quantitative estimate of drug-likeness (QED) is 0.413. The summed E-state index contributed by atoms with van der Waals surface area (Å²) >= 11 is 1.48. The van der Waals surface area contributed by atoms with Gasteiger partial charge in [0.2, 0.25) is 11.8 Å². The zero-order chi connectivity index (χ0) is 22.3. The molecule has 1 amide bonds. The Bertz CT molecular complexity index is 1170. The van der Waals surface area contributed by atoms with Gasteiger partial charge < -0.3 is 19.0 Å². The summed E-state index contributed by atoms with van der Waals surface area (Å²) in [6, 6.07) is 17.0. The van der Waals surface area contributed by atoms with Crippen molar-refractivity contribution in [3.8, 4) is 17.2 Å². The fourth-order valence-corrected chi connectivity index (χ4v) is 4.02. The maximum absolute atomic E-state index is 12.8. The van der Waals surface area contributed by atoms with Crippen molar-refractivity contribution in [3.05, 3.63) is 90.3 Å². The van der Waals surface area contributed by atoms with Crippen molar-refractivity contribution in [2.45, 2.75) is 11.8 Å². The molecule has 0 bridgehead atoms. The Labute approximate surface area is 190 Å². The van der Waals surface area contributed by atoms with Crippen LogP contribution in [-0.2, 0) is 17.6 Å². The number of carbonyl (C=O) groups is 1. The highest BCUT2D eigenvalue weighted by Gasteiger charge is 2.21. The Hall–Kier alpha value is -3.52. The number of hydrogen-bond donors (Lipinski definition) is 1. The molecule has 0 aliphatic rings. The Balaban J connectivity index is 1.39. The van der Waals surface area contributed by atoms with Crippen LogP contribution >= 0.6 is 11.8 Å². The molecule has 8 heteroatoms. The number of aryl methyl sites for hydroxylation is 1. The minimum absolute atomic E-state index is 0.0856. The number of carbonyl (C=O) groups excluding carboxylic acids is 1. The molecule has 0 saturated heterocycles. The van der Waals surface area contributed by atoms with Gasteiger partial charge in [-0.1, -0.05) is 30.3 Å². The molecule has 0 radical (unpaired) electrons. The zero-order valence-corrected chi connectivity index (χ0v) is 18.7. The summed E-state index contributed by atoms with van der Waals surface area (Å²) in [6.07, 6.45) is 5.22. The number of imidazole rings is 1. The molecule has 2 heterocycles. The minimum atomic E-state index is -0.380. The van der Waals surface area contributed by atoms with Crippen LogP contribution in [0.5, 0.6) is 5.75 Å². The molecule has 32 heavy (non-hydrogen) atoms. The molecule has 164 valence electrons. The largest absolute Gasteiger partial charge is 0.497 e. The first kappa shape index (κ1) is 21.7. The molecule has 2 aromatic heterocycles. The van der Waals surface area contributed by atoms with Crippen LogP contribution in [0.2, 0.25) is 0 Å². The standard InChI is InChI=1S/C24H24N4O3S/c1-28-12-11-25-23(28)22(18-9-6-10-20(13-18)30-2)27-21(29)16-32-15-19-14-31-24(26-19)17-7-4-3-5-8-17/h3-14,22H,15-16H2,1-2H3,(H,27,29). The highest BCUT2D eigenvalue weighted by Crippen LogP contribution is 2.25. The van der Waals surface area contributed by atoms with Crippen molar-refractivity contribution >= 4 is 17.7 Å². The summed E-state index contributed by atoms with van der Waals surface area (Å²) in [7, 11) is 3.53. The average Bonchev–Trinajstić information content (AvgIpc) is 3.47. The first-order valence-corrected chi connectivity index (χ1v) is 11.3. The summed E-state index contributed by atoms with van der Waals surface area (Å²) in [4.78, 5) is 21.7. The number of amides is 1. The van der Waals surface area contributed by atoms with E-state index in [4.69, 9.17) is 9.15 Å². The average molecular weight is 449 g/mol. The van der Waals surface area contributed by atoms with E-state index in [0.29, 0.717) is 17.4 Å². The second-order valence-electron chi connectivity index (χ2n) is 7.18. The first-order valence-electron chi connectivity index (χ1n) is 10.1. The molecular weight excluding hydrogens is 424 g/mol. The fraction of sp³-hybridized carbons (Fsp3) is 0.208. The van der Waals surface area contributed by atoms with Crippen molar-refractivity contribution in [1.29, 1.82) is 0 Å². The molecule has 0 saturated carbocycles. The number of oxazole rings is 1. The Morgan fingerprint density at radius 3 is 2.81 bits per heavy atom. The lowest BCUT2D eigenvalue weighted by Crippen LogP contribution is -2.32. The molecule has 1 unspecified atom stereocenters. The third kappa shape index (κ3) is 5.20. The molecule has 0 aliphatic heterocycles. The third-order valence-corrected chi connectivity index (χ3v) is 5.87. The second-order valence-corrected chi connectivity index (χ2v) is 8.16. The van der Waals surface area contributed by atoms with Gasteiger partial charge in [-0.2, -0.15) is 0 Å². The van der Waals surface area contributed by atoms with Gasteiger partial charge in [-0.3, -0.25) is 4.79 Å². The van der Waals surface area contributed by atoms with Crippen LogP contribution in [-0.4, -0.2) is 33.3 Å². The van der Waals surface area contributed by atoms with Crippen LogP contribution < -0.4 is 10.1 Å². The predicted molar refractivity (Wildman–Crippen MR) is 124 cm³/mol. The van der Waals surface area contributed by atoms with Crippen molar-refractivity contribution in [1.82, 2.24) is 19.9 Å². The lowest BCUT2D eigenvalue weighted by atomic mass is 10.1. The van der Waals surface area contributed by atoms with Gasteiger partial charge in [0.05, 0.1) is 18.6 Å². The van der Waals surface area contributed by atoms with Crippen LogP contribution in [0.3, 0.4) is 0 Å². The minimum Gasteiger partial charge on any atom is -0.497 e. The van der Waals surface area contributed by atoms with Crippen molar-refractivity contribution < 1.29 is 13.9 Å². The van der Waals surface area contributed by atoms with Gasteiger partial charge in [0.1, 0.15) is 23.9 Å². The van der Waals surface area contributed by atoms with E-state index >= 15 is 0 Å². The summed E-state index contributed by atoms with van der Waals surface area (Å²) in [5.74, 6) is 2.84. The number of benzene rings is 2. The molecule has 4 aromatic rings. The maximum Gasteiger partial charge on any atom is 0.230 e. The Morgan fingerprint density at radius 1 is 1.22 bits per heavy atom. The Kier molecular flexibility index (Phi) is 6.91. The van der Waals surface area contributed by atoms with Crippen LogP contribution in [0.15, 0.2) is 77.7 Å². The number of thioether (sulfide) groups is 1. The molecule has 0 fully saturated rings. The van der Waals surface area contributed by atoms with E-state index in [2.05, 4.69) is 15.3 Å². The summed E-state index contributed by atoms with van der Waals surface area (Å²) in [6.45, 7) is 0. The fourth-order valence-electron chi connectivity index (χ4n) is 3.31. The van der Waals surface area contributed by atoms with Crippen molar-refractivity contribution in [2.24, 2.45) is 7.05 Å². The van der Waals surface area contributed by atoms with Crippen LogP contribution in [0.4, 0.5) is 0 Å². The molecule has 0 aliphatic carbocycles. The highest BCUT2D eigenvalue weighted by atomic mass is 32.2. The highest BCUT2D eigenvalue weighted by molar-refractivity contribution is 7.99. The van der Waals surface area contributed by atoms with Crippen molar-refractivity contribution in [3.63, 3.8) is 0 Å². The molecular formula is C24H24N4O3S. The number of nitrogens with one attached hydrogen (secondary N) is 1. The molecule has 1 atom stereocenters. The molecule has 0 spiro atoms. The first-order chi connectivity index (χ1) is 15.6. The summed E-state index contributed by atoms with van der Waals surface area (Å²) in [5.41, 5.74) is 2.63. The van der Waals surface area contributed by atoms with E-state index in [-0.39, 0.29) is 11.9 Å². The van der Waals surface area contributed by atoms with E-state index in [1.807, 2.05) is 72.4 Å². The number of aromatic nitrogens is 3. The monoisotopic (exact) mass is 448 g/mol. The van der Waals surface area contributed by atoms with Gasteiger partial charge in [0.25, 0.3) is 0 Å². The van der Waals surface area contributed by atoms with Crippen LogP contribution in [0.1, 0.15) is 23.1 Å².